The van der Waals surface area contributed by atoms with Crippen LogP contribution >= 0.6 is 0 Å². The molecule has 0 saturated heterocycles. The SMILES string of the molecule is CN(Cc1cnn(C)c1)c1nnc(CNC(C)(C)C)o1. The van der Waals surface area contributed by atoms with E-state index in [2.05, 4.69) is 41.4 Å². The van der Waals surface area contributed by atoms with E-state index in [0.717, 1.165) is 5.56 Å². The molecule has 1 N–H and O–H groups in total. The van der Waals surface area contributed by atoms with Crippen molar-refractivity contribution in [1.82, 2.24) is 25.3 Å². The fourth-order valence-electron chi connectivity index (χ4n) is 1.71. The van der Waals surface area contributed by atoms with Crippen LogP contribution < -0.4 is 10.2 Å². The van der Waals surface area contributed by atoms with Gasteiger partial charge < -0.3 is 14.6 Å². The van der Waals surface area contributed by atoms with Crippen LogP contribution in [-0.2, 0) is 20.1 Å². The van der Waals surface area contributed by atoms with Crippen molar-refractivity contribution in [3.63, 3.8) is 0 Å². The highest BCUT2D eigenvalue weighted by atomic mass is 16.4. The summed E-state index contributed by atoms with van der Waals surface area (Å²) in [6, 6.07) is 0.513. The number of anilines is 1. The zero-order valence-corrected chi connectivity index (χ0v) is 12.7. The average Bonchev–Trinajstić information content (AvgIpc) is 2.95. The molecule has 0 aromatic carbocycles. The zero-order chi connectivity index (χ0) is 14.8. The van der Waals surface area contributed by atoms with Gasteiger partial charge >= 0.3 is 6.01 Å². The summed E-state index contributed by atoms with van der Waals surface area (Å²) in [7, 11) is 3.81. The summed E-state index contributed by atoms with van der Waals surface area (Å²) in [6.07, 6.45) is 3.80. The van der Waals surface area contributed by atoms with Crippen molar-refractivity contribution in [3.8, 4) is 0 Å². The van der Waals surface area contributed by atoms with Crippen LogP contribution in [0.4, 0.5) is 6.01 Å². The summed E-state index contributed by atoms with van der Waals surface area (Å²) in [4.78, 5) is 1.91. The van der Waals surface area contributed by atoms with E-state index in [4.69, 9.17) is 4.42 Å². The molecule has 0 amide bonds. The van der Waals surface area contributed by atoms with E-state index in [9.17, 15) is 0 Å². The molecule has 0 unspecified atom stereocenters. The smallest absolute Gasteiger partial charge is 0.318 e. The van der Waals surface area contributed by atoms with Gasteiger partial charge in [0, 0.05) is 31.4 Å². The third-order valence-corrected chi connectivity index (χ3v) is 2.73. The van der Waals surface area contributed by atoms with Gasteiger partial charge in [0.1, 0.15) is 0 Å². The Kier molecular flexibility index (Phi) is 4.08. The second kappa shape index (κ2) is 5.62. The molecule has 2 heterocycles. The molecule has 0 aliphatic rings. The quantitative estimate of drug-likeness (QED) is 0.889. The van der Waals surface area contributed by atoms with Crippen LogP contribution in [0.1, 0.15) is 32.2 Å². The summed E-state index contributed by atoms with van der Waals surface area (Å²) in [5.74, 6) is 0.591. The Morgan fingerprint density at radius 2 is 2.10 bits per heavy atom. The van der Waals surface area contributed by atoms with Crippen molar-refractivity contribution in [2.75, 3.05) is 11.9 Å². The van der Waals surface area contributed by atoms with Crippen molar-refractivity contribution in [3.05, 3.63) is 23.8 Å². The van der Waals surface area contributed by atoms with Gasteiger partial charge in [0.15, 0.2) is 0 Å². The van der Waals surface area contributed by atoms with Gasteiger partial charge in [0.25, 0.3) is 0 Å². The van der Waals surface area contributed by atoms with Crippen molar-refractivity contribution in [2.45, 2.75) is 39.4 Å². The first-order valence-corrected chi connectivity index (χ1v) is 6.59. The van der Waals surface area contributed by atoms with E-state index in [1.54, 1.807) is 4.68 Å². The minimum Gasteiger partial charge on any atom is -0.407 e. The van der Waals surface area contributed by atoms with Crippen LogP contribution in [-0.4, -0.2) is 32.6 Å². The molecular weight excluding hydrogens is 256 g/mol. The number of hydrogen-bond acceptors (Lipinski definition) is 6. The monoisotopic (exact) mass is 278 g/mol. The Labute approximate surface area is 119 Å². The van der Waals surface area contributed by atoms with Crippen LogP contribution in [0.5, 0.6) is 0 Å². The molecule has 0 spiro atoms. The molecule has 0 aliphatic heterocycles. The molecule has 0 aliphatic carbocycles. The number of aromatic nitrogens is 4. The van der Waals surface area contributed by atoms with Crippen LogP contribution in [0.25, 0.3) is 0 Å². The van der Waals surface area contributed by atoms with E-state index < -0.39 is 0 Å². The summed E-state index contributed by atoms with van der Waals surface area (Å²) < 4.78 is 7.41. The fraction of sp³-hybridized carbons (Fsp3) is 0.615. The normalized spacial score (nSPS) is 11.8. The number of aryl methyl sites for hydroxylation is 1. The second-order valence-corrected chi connectivity index (χ2v) is 5.96. The lowest BCUT2D eigenvalue weighted by molar-refractivity contribution is 0.381. The van der Waals surface area contributed by atoms with Crippen LogP contribution in [0.3, 0.4) is 0 Å². The van der Waals surface area contributed by atoms with Gasteiger partial charge in [0.05, 0.1) is 19.3 Å². The molecule has 2 aromatic heterocycles. The largest absolute Gasteiger partial charge is 0.407 e. The van der Waals surface area contributed by atoms with E-state index in [-0.39, 0.29) is 5.54 Å². The molecule has 7 heteroatoms. The third kappa shape index (κ3) is 4.06. The maximum atomic E-state index is 5.63. The van der Waals surface area contributed by atoms with Crippen LogP contribution in [0.15, 0.2) is 16.8 Å². The van der Waals surface area contributed by atoms with Crippen molar-refractivity contribution in [2.24, 2.45) is 7.05 Å². The van der Waals surface area contributed by atoms with E-state index >= 15 is 0 Å². The molecule has 7 nitrogen and oxygen atoms in total. The highest BCUT2D eigenvalue weighted by Gasteiger charge is 2.14. The number of nitrogens with one attached hydrogen (secondary N) is 1. The summed E-state index contributed by atoms with van der Waals surface area (Å²) in [6.45, 7) is 7.54. The van der Waals surface area contributed by atoms with E-state index in [0.29, 0.717) is 25.0 Å². The summed E-state index contributed by atoms with van der Waals surface area (Å²) >= 11 is 0. The van der Waals surface area contributed by atoms with Gasteiger partial charge in [0.2, 0.25) is 5.89 Å². The molecule has 2 rings (SSSR count). The predicted octanol–water partition coefficient (Wildman–Crippen LogP) is 1.33. The van der Waals surface area contributed by atoms with Gasteiger partial charge in [-0.15, -0.1) is 5.10 Å². The Balaban J connectivity index is 1.94. The summed E-state index contributed by atoms with van der Waals surface area (Å²) in [5.41, 5.74) is 1.12. The van der Waals surface area contributed by atoms with Gasteiger partial charge in [-0.2, -0.15) is 5.10 Å². The van der Waals surface area contributed by atoms with Crippen molar-refractivity contribution < 1.29 is 4.42 Å². The molecule has 0 radical (unpaired) electrons. The lowest BCUT2D eigenvalue weighted by Crippen LogP contribution is -2.35. The Bertz CT molecular complexity index is 553. The van der Waals surface area contributed by atoms with Gasteiger partial charge in [-0.05, 0) is 20.8 Å². The molecule has 0 bridgehead atoms. The first-order valence-electron chi connectivity index (χ1n) is 6.59. The van der Waals surface area contributed by atoms with Gasteiger partial charge in [-0.1, -0.05) is 5.10 Å². The molecule has 0 atom stereocenters. The predicted molar refractivity (Wildman–Crippen MR) is 76.2 cm³/mol. The summed E-state index contributed by atoms with van der Waals surface area (Å²) in [5, 5.41) is 15.6. The maximum Gasteiger partial charge on any atom is 0.318 e. The number of nitrogens with zero attached hydrogens (tertiary/aromatic N) is 5. The number of hydrogen-bond donors (Lipinski definition) is 1. The van der Waals surface area contributed by atoms with Crippen molar-refractivity contribution >= 4 is 6.01 Å². The third-order valence-electron chi connectivity index (χ3n) is 2.73. The number of rotatable bonds is 5. The molecule has 110 valence electrons. The standard InChI is InChI=1S/C13H22N6O/c1-13(2,3)14-7-11-16-17-12(20-11)18(4)8-10-6-15-19(5)9-10/h6,9,14H,7-8H2,1-5H3. The Morgan fingerprint density at radius 1 is 1.35 bits per heavy atom. The Hall–Kier alpha value is -1.89. The molecule has 20 heavy (non-hydrogen) atoms. The molecule has 0 saturated carbocycles. The highest BCUT2D eigenvalue weighted by molar-refractivity contribution is 5.24. The fourth-order valence-corrected chi connectivity index (χ4v) is 1.71. The van der Waals surface area contributed by atoms with Gasteiger partial charge in [-0.25, -0.2) is 0 Å². The minimum absolute atomic E-state index is 0.0241. The zero-order valence-electron chi connectivity index (χ0n) is 12.7. The first kappa shape index (κ1) is 14.5. The highest BCUT2D eigenvalue weighted by Crippen LogP contribution is 2.14. The lowest BCUT2D eigenvalue weighted by atomic mass is 10.1. The lowest BCUT2D eigenvalue weighted by Gasteiger charge is -2.18. The van der Waals surface area contributed by atoms with Crippen LogP contribution in [0.2, 0.25) is 0 Å². The second-order valence-electron chi connectivity index (χ2n) is 5.96. The van der Waals surface area contributed by atoms with Gasteiger partial charge in [-0.3, -0.25) is 4.68 Å². The molecule has 0 fully saturated rings. The van der Waals surface area contributed by atoms with E-state index in [1.165, 1.54) is 0 Å². The topological polar surface area (TPSA) is 72.0 Å². The molecular formula is C13H22N6O. The van der Waals surface area contributed by atoms with Crippen LogP contribution in [0, 0.1) is 0 Å². The first-order chi connectivity index (χ1) is 9.33. The van der Waals surface area contributed by atoms with E-state index in [1.807, 2.05) is 31.4 Å². The Morgan fingerprint density at radius 3 is 2.70 bits per heavy atom. The van der Waals surface area contributed by atoms with Crippen molar-refractivity contribution in [1.29, 1.82) is 0 Å². The average molecular weight is 278 g/mol. The minimum atomic E-state index is 0.0241. The maximum absolute atomic E-state index is 5.63. The molecule has 2 aromatic rings.